The summed E-state index contributed by atoms with van der Waals surface area (Å²) in [6, 6.07) is 12.3. The maximum atomic E-state index is 10.7. The third kappa shape index (κ3) is 2.79. The fourth-order valence-corrected chi connectivity index (χ4v) is 3.02. The van der Waals surface area contributed by atoms with E-state index in [4.69, 9.17) is 0 Å². The summed E-state index contributed by atoms with van der Waals surface area (Å²) >= 11 is 0. The Kier molecular flexibility index (Phi) is 3.28. The second-order valence-corrected chi connectivity index (χ2v) is 6.08. The average Bonchev–Trinajstić information content (AvgIpc) is 2.42. The molecule has 0 unspecified atom stereocenters. The summed E-state index contributed by atoms with van der Waals surface area (Å²) in [5, 5.41) is 11.8. The van der Waals surface area contributed by atoms with Crippen LogP contribution in [-0.4, -0.2) is 15.7 Å². The maximum absolute atomic E-state index is 10.7. The first kappa shape index (κ1) is 12.6. The summed E-state index contributed by atoms with van der Waals surface area (Å²) in [4.78, 5) is 4.67. The maximum Gasteiger partial charge on any atom is 0.0705 e. The van der Waals surface area contributed by atoms with Gasteiger partial charge in [-0.2, -0.15) is 0 Å². The molecule has 100 valence electrons. The highest BCUT2D eigenvalue weighted by Gasteiger charge is 2.32. The minimum Gasteiger partial charge on any atom is -0.389 e. The van der Waals surface area contributed by atoms with Crippen molar-refractivity contribution in [3.63, 3.8) is 0 Å². The molecule has 1 saturated carbocycles. The van der Waals surface area contributed by atoms with Crippen molar-refractivity contribution < 1.29 is 5.11 Å². The molecule has 1 heterocycles. The highest BCUT2D eigenvalue weighted by atomic mass is 16.3. The lowest BCUT2D eigenvalue weighted by Crippen LogP contribution is -2.36. The Morgan fingerprint density at radius 1 is 1.16 bits per heavy atom. The Morgan fingerprint density at radius 2 is 1.89 bits per heavy atom. The smallest absolute Gasteiger partial charge is 0.0705 e. The van der Waals surface area contributed by atoms with E-state index in [2.05, 4.69) is 30.1 Å². The second-order valence-electron chi connectivity index (χ2n) is 6.08. The van der Waals surface area contributed by atoms with Crippen LogP contribution in [0.4, 0.5) is 0 Å². The van der Waals surface area contributed by atoms with Crippen molar-refractivity contribution >= 4 is 10.9 Å². The molecule has 1 aliphatic rings. The van der Waals surface area contributed by atoms with E-state index in [0.717, 1.165) is 48.2 Å². The van der Waals surface area contributed by atoms with Crippen LogP contribution in [0.3, 0.4) is 0 Å². The van der Waals surface area contributed by atoms with E-state index >= 15 is 0 Å². The summed E-state index contributed by atoms with van der Waals surface area (Å²) in [7, 11) is 0. The van der Waals surface area contributed by atoms with E-state index in [0.29, 0.717) is 6.42 Å². The molecule has 0 aliphatic heterocycles. The molecule has 0 saturated heterocycles. The fourth-order valence-electron chi connectivity index (χ4n) is 3.02. The van der Waals surface area contributed by atoms with Crippen LogP contribution in [0.1, 0.15) is 38.3 Å². The molecule has 1 aromatic carbocycles. The van der Waals surface area contributed by atoms with Crippen molar-refractivity contribution in [2.24, 2.45) is 5.92 Å². The van der Waals surface area contributed by atoms with Gasteiger partial charge in [-0.1, -0.05) is 31.2 Å². The van der Waals surface area contributed by atoms with Crippen molar-refractivity contribution in [3.8, 4) is 0 Å². The van der Waals surface area contributed by atoms with Gasteiger partial charge in [-0.25, -0.2) is 0 Å². The molecular formula is C17H21NO. The minimum absolute atomic E-state index is 0.540. The van der Waals surface area contributed by atoms with Gasteiger partial charge in [-0.3, -0.25) is 4.98 Å². The Hall–Kier alpha value is -1.41. The zero-order valence-corrected chi connectivity index (χ0v) is 11.5. The number of aromatic nitrogens is 1. The summed E-state index contributed by atoms with van der Waals surface area (Å²) < 4.78 is 0. The Labute approximate surface area is 114 Å². The predicted octanol–water partition coefficient (Wildman–Crippen LogP) is 3.72. The van der Waals surface area contributed by atoms with Crippen molar-refractivity contribution in [2.75, 3.05) is 0 Å². The van der Waals surface area contributed by atoms with Crippen LogP contribution < -0.4 is 0 Å². The second kappa shape index (κ2) is 4.93. The van der Waals surface area contributed by atoms with Gasteiger partial charge in [-0.05, 0) is 43.7 Å². The first-order valence-corrected chi connectivity index (χ1v) is 7.22. The van der Waals surface area contributed by atoms with Gasteiger partial charge >= 0.3 is 0 Å². The first-order valence-electron chi connectivity index (χ1n) is 7.22. The molecule has 0 amide bonds. The van der Waals surface area contributed by atoms with Crippen molar-refractivity contribution in [2.45, 2.75) is 44.6 Å². The molecule has 1 N–H and O–H groups in total. The highest BCUT2D eigenvalue weighted by Crippen LogP contribution is 2.34. The summed E-state index contributed by atoms with van der Waals surface area (Å²) in [6.07, 6.45) is 4.75. The molecule has 2 heteroatoms. The monoisotopic (exact) mass is 255 g/mol. The van der Waals surface area contributed by atoms with Gasteiger partial charge in [0.25, 0.3) is 0 Å². The predicted molar refractivity (Wildman–Crippen MR) is 78.0 cm³/mol. The summed E-state index contributed by atoms with van der Waals surface area (Å²) in [6.45, 7) is 2.27. The lowest BCUT2D eigenvalue weighted by atomic mass is 9.77. The van der Waals surface area contributed by atoms with Crippen LogP contribution in [0, 0.1) is 5.92 Å². The minimum atomic E-state index is -0.540. The van der Waals surface area contributed by atoms with Crippen LogP contribution in [0.25, 0.3) is 10.9 Å². The van der Waals surface area contributed by atoms with E-state index in [1.165, 1.54) is 0 Å². The van der Waals surface area contributed by atoms with Crippen LogP contribution in [0.15, 0.2) is 36.4 Å². The van der Waals surface area contributed by atoms with Crippen LogP contribution in [0.2, 0.25) is 0 Å². The number of hydrogen-bond donors (Lipinski definition) is 1. The average molecular weight is 255 g/mol. The van der Waals surface area contributed by atoms with E-state index in [9.17, 15) is 5.11 Å². The van der Waals surface area contributed by atoms with Gasteiger partial charge in [0, 0.05) is 17.5 Å². The van der Waals surface area contributed by atoms with Crippen molar-refractivity contribution in [1.29, 1.82) is 0 Å². The van der Waals surface area contributed by atoms with Gasteiger partial charge in [0.05, 0.1) is 11.1 Å². The molecule has 1 fully saturated rings. The topological polar surface area (TPSA) is 33.1 Å². The number of hydrogen-bond acceptors (Lipinski definition) is 2. The van der Waals surface area contributed by atoms with Crippen LogP contribution in [0.5, 0.6) is 0 Å². The van der Waals surface area contributed by atoms with Gasteiger partial charge in [0.2, 0.25) is 0 Å². The van der Waals surface area contributed by atoms with E-state index < -0.39 is 5.60 Å². The molecule has 2 aromatic rings. The van der Waals surface area contributed by atoms with Gasteiger partial charge in [0.1, 0.15) is 0 Å². The number of nitrogens with zero attached hydrogens (tertiary/aromatic N) is 1. The number of benzene rings is 1. The molecule has 1 aromatic heterocycles. The quantitative estimate of drug-likeness (QED) is 0.887. The van der Waals surface area contributed by atoms with E-state index in [-0.39, 0.29) is 0 Å². The van der Waals surface area contributed by atoms with Crippen molar-refractivity contribution in [3.05, 3.63) is 42.1 Å². The van der Waals surface area contributed by atoms with E-state index in [1.54, 1.807) is 0 Å². The zero-order valence-electron chi connectivity index (χ0n) is 11.5. The SMILES string of the molecule is CC1CCC(O)(Cc2ccc3ccccc3n2)CC1. The highest BCUT2D eigenvalue weighted by molar-refractivity contribution is 5.78. The summed E-state index contributed by atoms with van der Waals surface area (Å²) in [5.41, 5.74) is 1.49. The third-order valence-corrected chi connectivity index (χ3v) is 4.37. The normalized spacial score (nSPS) is 27.6. The van der Waals surface area contributed by atoms with Crippen LogP contribution >= 0.6 is 0 Å². The Balaban J connectivity index is 1.81. The van der Waals surface area contributed by atoms with Crippen molar-refractivity contribution in [1.82, 2.24) is 4.98 Å². The van der Waals surface area contributed by atoms with E-state index in [1.807, 2.05) is 18.2 Å². The zero-order chi connectivity index (χ0) is 13.3. The number of pyridine rings is 1. The number of rotatable bonds is 2. The van der Waals surface area contributed by atoms with Gasteiger partial charge in [-0.15, -0.1) is 0 Å². The standard InChI is InChI=1S/C17H21NO/c1-13-8-10-17(19,11-9-13)12-15-7-6-14-4-2-3-5-16(14)18-15/h2-7,13,19H,8-12H2,1H3. The third-order valence-electron chi connectivity index (χ3n) is 4.37. The Bertz CT molecular complexity index is 570. The fraction of sp³-hybridized carbons (Fsp3) is 0.471. The lowest BCUT2D eigenvalue weighted by molar-refractivity contribution is -0.00738. The molecule has 1 aliphatic carbocycles. The molecule has 3 rings (SSSR count). The lowest BCUT2D eigenvalue weighted by Gasteiger charge is -2.34. The van der Waals surface area contributed by atoms with Crippen LogP contribution in [-0.2, 0) is 6.42 Å². The Morgan fingerprint density at radius 3 is 2.68 bits per heavy atom. The van der Waals surface area contributed by atoms with Gasteiger partial charge < -0.3 is 5.11 Å². The molecular weight excluding hydrogens is 234 g/mol. The molecule has 0 spiro atoms. The molecule has 0 bridgehead atoms. The number of fused-ring (bicyclic) bond motifs is 1. The molecule has 19 heavy (non-hydrogen) atoms. The first-order chi connectivity index (χ1) is 9.15. The number of aliphatic hydroxyl groups is 1. The van der Waals surface area contributed by atoms with Gasteiger partial charge in [0.15, 0.2) is 0 Å². The largest absolute Gasteiger partial charge is 0.389 e. The molecule has 0 radical (unpaired) electrons. The number of para-hydroxylation sites is 1. The summed E-state index contributed by atoms with van der Waals surface area (Å²) in [5.74, 6) is 0.754. The molecule has 2 nitrogen and oxygen atoms in total. The molecule has 0 atom stereocenters.